The maximum atomic E-state index is 11.5. The summed E-state index contributed by atoms with van der Waals surface area (Å²) in [4.78, 5) is 11.5. The van der Waals surface area contributed by atoms with Crippen LogP contribution >= 0.6 is 0 Å². The summed E-state index contributed by atoms with van der Waals surface area (Å²) in [5, 5.41) is 10.6. The average molecular weight is 285 g/mol. The molecule has 1 heterocycles. The molecule has 0 radical (unpaired) electrons. The smallest absolute Gasteiger partial charge is 0.313 e. The summed E-state index contributed by atoms with van der Waals surface area (Å²) in [5.41, 5.74) is 1.18. The molecule has 1 aromatic heterocycles. The van der Waals surface area contributed by atoms with Crippen LogP contribution in [0, 0.1) is 5.92 Å². The van der Waals surface area contributed by atoms with Gasteiger partial charge in [-0.25, -0.2) is 0 Å². The minimum atomic E-state index is -0.851. The van der Waals surface area contributed by atoms with Crippen LogP contribution in [-0.4, -0.2) is 15.6 Å². The van der Waals surface area contributed by atoms with Gasteiger partial charge >= 0.3 is 5.97 Å². The van der Waals surface area contributed by atoms with E-state index in [1.807, 2.05) is 12.1 Å². The molecule has 2 aromatic rings. The van der Waals surface area contributed by atoms with Gasteiger partial charge in [0.2, 0.25) is 0 Å². The zero-order chi connectivity index (χ0) is 15.0. The summed E-state index contributed by atoms with van der Waals surface area (Å²) in [7, 11) is 0. The van der Waals surface area contributed by atoms with Crippen LogP contribution < -0.4 is 0 Å². The first-order chi connectivity index (χ1) is 9.98. The fourth-order valence-electron chi connectivity index (χ4n) is 3.33. The molecule has 0 atom stereocenters. The maximum absolute atomic E-state index is 11.5. The standard InChI is InChI=1S/C18H23NO2/c1-18(2,17(20)21)15-8-7-14-9-10-19(16(14)11-15)12-13-5-3-4-6-13/h7-11,13H,3-6,12H2,1-2H3,(H,20,21). The van der Waals surface area contributed by atoms with Crippen LogP contribution in [0.2, 0.25) is 0 Å². The van der Waals surface area contributed by atoms with Gasteiger partial charge in [-0.2, -0.15) is 0 Å². The fourth-order valence-corrected chi connectivity index (χ4v) is 3.33. The molecule has 0 spiro atoms. The van der Waals surface area contributed by atoms with Gasteiger partial charge in [0.15, 0.2) is 0 Å². The van der Waals surface area contributed by atoms with Gasteiger partial charge in [0.25, 0.3) is 0 Å². The zero-order valence-electron chi connectivity index (χ0n) is 12.8. The van der Waals surface area contributed by atoms with Gasteiger partial charge in [0.1, 0.15) is 0 Å². The number of aromatic nitrogens is 1. The van der Waals surface area contributed by atoms with Crippen LogP contribution in [0.15, 0.2) is 30.5 Å². The van der Waals surface area contributed by atoms with Crippen LogP contribution in [-0.2, 0) is 16.8 Å². The quantitative estimate of drug-likeness (QED) is 0.915. The Morgan fingerprint density at radius 2 is 2.00 bits per heavy atom. The number of carbonyl (C=O) groups is 1. The first-order valence-corrected chi connectivity index (χ1v) is 7.81. The third-order valence-corrected chi connectivity index (χ3v) is 4.96. The zero-order valence-corrected chi connectivity index (χ0v) is 12.8. The highest BCUT2D eigenvalue weighted by atomic mass is 16.4. The average Bonchev–Trinajstić information content (AvgIpc) is 3.09. The highest BCUT2D eigenvalue weighted by Crippen LogP contribution is 2.30. The Labute approximate surface area is 125 Å². The molecule has 0 saturated heterocycles. The van der Waals surface area contributed by atoms with Gasteiger partial charge in [-0.15, -0.1) is 0 Å². The van der Waals surface area contributed by atoms with Crippen LogP contribution in [0.25, 0.3) is 10.9 Å². The second-order valence-corrected chi connectivity index (χ2v) is 6.82. The monoisotopic (exact) mass is 285 g/mol. The van der Waals surface area contributed by atoms with Gasteiger partial charge in [0, 0.05) is 18.3 Å². The first-order valence-electron chi connectivity index (χ1n) is 7.81. The van der Waals surface area contributed by atoms with Crippen molar-refractivity contribution in [2.75, 3.05) is 0 Å². The molecule has 0 amide bonds. The van der Waals surface area contributed by atoms with E-state index in [2.05, 4.69) is 22.9 Å². The van der Waals surface area contributed by atoms with Gasteiger partial charge in [-0.3, -0.25) is 4.79 Å². The lowest BCUT2D eigenvalue weighted by Crippen LogP contribution is -2.28. The Morgan fingerprint density at radius 3 is 2.67 bits per heavy atom. The molecule has 3 nitrogen and oxygen atoms in total. The Balaban J connectivity index is 1.97. The Bertz CT molecular complexity index is 663. The van der Waals surface area contributed by atoms with Crippen molar-refractivity contribution in [3.63, 3.8) is 0 Å². The molecular formula is C18H23NO2. The molecule has 0 aliphatic heterocycles. The predicted molar refractivity (Wildman–Crippen MR) is 84.6 cm³/mol. The molecule has 1 aromatic carbocycles. The van der Waals surface area contributed by atoms with Crippen LogP contribution in [0.1, 0.15) is 45.1 Å². The normalized spacial score (nSPS) is 16.7. The lowest BCUT2D eigenvalue weighted by atomic mass is 9.84. The van der Waals surface area contributed by atoms with Gasteiger partial charge < -0.3 is 9.67 Å². The number of hydrogen-bond donors (Lipinski definition) is 1. The number of fused-ring (bicyclic) bond motifs is 1. The molecule has 1 saturated carbocycles. The molecule has 1 fully saturated rings. The molecule has 0 unspecified atom stereocenters. The lowest BCUT2D eigenvalue weighted by molar-refractivity contribution is -0.142. The second-order valence-electron chi connectivity index (χ2n) is 6.82. The second kappa shape index (κ2) is 5.21. The van der Waals surface area contributed by atoms with Crippen LogP contribution in [0.5, 0.6) is 0 Å². The van der Waals surface area contributed by atoms with Crippen molar-refractivity contribution >= 4 is 16.9 Å². The van der Waals surface area contributed by atoms with E-state index < -0.39 is 11.4 Å². The molecule has 1 aliphatic rings. The van der Waals surface area contributed by atoms with Gasteiger partial charge in [-0.05, 0) is 55.7 Å². The summed E-state index contributed by atoms with van der Waals surface area (Å²) in [6, 6.07) is 8.16. The molecule has 3 heteroatoms. The molecule has 1 N–H and O–H groups in total. The SMILES string of the molecule is CC(C)(C(=O)O)c1ccc2ccn(CC3CCCC3)c2c1. The summed E-state index contributed by atoms with van der Waals surface area (Å²) in [6.45, 7) is 4.59. The topological polar surface area (TPSA) is 42.2 Å². The predicted octanol–water partition coefficient (Wildman–Crippen LogP) is 4.19. The number of aliphatic carboxylic acids is 1. The van der Waals surface area contributed by atoms with E-state index in [9.17, 15) is 9.90 Å². The van der Waals surface area contributed by atoms with Gasteiger partial charge in [0.05, 0.1) is 5.41 Å². The number of carboxylic acid groups (broad SMARTS) is 1. The molecule has 3 rings (SSSR count). The summed E-state index contributed by atoms with van der Waals surface area (Å²) in [6.07, 6.45) is 7.48. The van der Waals surface area contributed by atoms with E-state index in [1.165, 1.54) is 31.1 Å². The third kappa shape index (κ3) is 2.57. The van der Waals surface area contributed by atoms with Crippen molar-refractivity contribution in [1.82, 2.24) is 4.57 Å². The number of hydrogen-bond acceptors (Lipinski definition) is 1. The minimum Gasteiger partial charge on any atom is -0.481 e. The summed E-state index contributed by atoms with van der Waals surface area (Å²) < 4.78 is 2.30. The minimum absolute atomic E-state index is 0.775. The van der Waals surface area contributed by atoms with Crippen molar-refractivity contribution in [3.05, 3.63) is 36.0 Å². The number of nitrogens with zero attached hydrogens (tertiary/aromatic N) is 1. The lowest BCUT2D eigenvalue weighted by Gasteiger charge is -2.20. The van der Waals surface area contributed by atoms with Crippen LogP contribution in [0.4, 0.5) is 0 Å². The molecule has 112 valence electrons. The fraction of sp³-hybridized carbons (Fsp3) is 0.500. The van der Waals surface area contributed by atoms with Crippen molar-refractivity contribution in [1.29, 1.82) is 0 Å². The Kier molecular flexibility index (Phi) is 3.52. The highest BCUT2D eigenvalue weighted by Gasteiger charge is 2.29. The van der Waals surface area contributed by atoms with Crippen molar-refractivity contribution in [2.45, 2.75) is 51.5 Å². The summed E-state index contributed by atoms with van der Waals surface area (Å²) in [5.74, 6) is -0.00695. The molecule has 21 heavy (non-hydrogen) atoms. The van der Waals surface area contributed by atoms with Crippen molar-refractivity contribution in [3.8, 4) is 0 Å². The highest BCUT2D eigenvalue weighted by molar-refractivity contribution is 5.85. The molecule has 0 bridgehead atoms. The van der Waals surface area contributed by atoms with Gasteiger partial charge in [-0.1, -0.05) is 25.0 Å². The third-order valence-electron chi connectivity index (χ3n) is 4.96. The van der Waals surface area contributed by atoms with E-state index in [0.29, 0.717) is 0 Å². The largest absolute Gasteiger partial charge is 0.481 e. The number of rotatable bonds is 4. The van der Waals surface area contributed by atoms with E-state index >= 15 is 0 Å². The molecular weight excluding hydrogens is 262 g/mol. The number of carboxylic acids is 1. The Hall–Kier alpha value is -1.77. The van der Waals surface area contributed by atoms with E-state index in [4.69, 9.17) is 0 Å². The molecule has 1 aliphatic carbocycles. The maximum Gasteiger partial charge on any atom is 0.313 e. The van der Waals surface area contributed by atoms with E-state index in [0.717, 1.165) is 23.5 Å². The van der Waals surface area contributed by atoms with E-state index in [1.54, 1.807) is 13.8 Å². The summed E-state index contributed by atoms with van der Waals surface area (Å²) >= 11 is 0. The number of benzene rings is 1. The Morgan fingerprint density at radius 1 is 1.29 bits per heavy atom. The van der Waals surface area contributed by atoms with Crippen molar-refractivity contribution < 1.29 is 9.90 Å². The first kappa shape index (κ1) is 14.2. The van der Waals surface area contributed by atoms with E-state index in [-0.39, 0.29) is 0 Å². The van der Waals surface area contributed by atoms with Crippen molar-refractivity contribution in [2.24, 2.45) is 5.92 Å². The van der Waals surface area contributed by atoms with Crippen LogP contribution in [0.3, 0.4) is 0 Å².